The van der Waals surface area contributed by atoms with Gasteiger partial charge in [-0.3, -0.25) is 4.79 Å². The molecule has 0 atom stereocenters. The maximum absolute atomic E-state index is 12.1. The largest absolute Gasteiger partial charge is 0.398 e. The van der Waals surface area contributed by atoms with Crippen molar-refractivity contribution < 1.29 is 9.59 Å². The first kappa shape index (κ1) is 12.4. The molecule has 0 spiro atoms. The van der Waals surface area contributed by atoms with Gasteiger partial charge in [0.2, 0.25) is 0 Å². The molecular formula is C12H16N4O2. The molecule has 1 aliphatic rings. The van der Waals surface area contributed by atoms with E-state index in [1.165, 1.54) is 0 Å². The van der Waals surface area contributed by atoms with E-state index in [2.05, 4.69) is 5.32 Å². The minimum Gasteiger partial charge on any atom is -0.398 e. The van der Waals surface area contributed by atoms with Crippen molar-refractivity contribution >= 4 is 23.3 Å². The van der Waals surface area contributed by atoms with Gasteiger partial charge in [-0.15, -0.1) is 0 Å². The molecule has 0 aromatic heterocycles. The fourth-order valence-electron chi connectivity index (χ4n) is 1.89. The third-order valence-electron chi connectivity index (χ3n) is 2.96. The van der Waals surface area contributed by atoms with Crippen LogP contribution in [0.5, 0.6) is 0 Å². The van der Waals surface area contributed by atoms with Crippen LogP contribution < -0.4 is 21.7 Å². The van der Waals surface area contributed by atoms with Gasteiger partial charge < -0.3 is 16.8 Å². The number of anilines is 2. The van der Waals surface area contributed by atoms with Gasteiger partial charge in [-0.05, 0) is 37.6 Å². The maximum atomic E-state index is 12.1. The molecule has 6 heteroatoms. The number of hydrogen-bond acceptors (Lipinski definition) is 4. The number of nitrogens with one attached hydrogen (secondary N) is 1. The lowest BCUT2D eigenvalue weighted by atomic mass is 10.1. The molecule has 96 valence electrons. The summed E-state index contributed by atoms with van der Waals surface area (Å²) < 4.78 is 0. The highest BCUT2D eigenvalue weighted by Crippen LogP contribution is 2.27. The molecule has 0 radical (unpaired) electrons. The Morgan fingerprint density at radius 1 is 1.33 bits per heavy atom. The fraction of sp³-hybridized carbons (Fsp3) is 0.333. The molecule has 1 aliphatic heterocycles. The summed E-state index contributed by atoms with van der Waals surface area (Å²) in [5, 5.41) is 2.62. The Bertz CT molecular complexity index is 525. The minimum atomic E-state index is -0.888. The van der Waals surface area contributed by atoms with Crippen LogP contribution >= 0.6 is 0 Å². The van der Waals surface area contributed by atoms with Gasteiger partial charge in [0.1, 0.15) is 5.54 Å². The second-order valence-electron chi connectivity index (χ2n) is 4.78. The maximum Gasteiger partial charge on any atom is 0.329 e. The SMILES string of the molecule is CC1(C)NC(=O)N(c2ccc(N)c(CN)c2)C1=O. The van der Waals surface area contributed by atoms with E-state index in [1.54, 1.807) is 32.0 Å². The van der Waals surface area contributed by atoms with Crippen LogP contribution in [0.25, 0.3) is 0 Å². The molecular weight excluding hydrogens is 232 g/mol. The third-order valence-corrected chi connectivity index (χ3v) is 2.96. The first-order valence-electron chi connectivity index (χ1n) is 5.62. The summed E-state index contributed by atoms with van der Waals surface area (Å²) in [6.07, 6.45) is 0. The number of carbonyl (C=O) groups is 2. The second kappa shape index (κ2) is 3.99. The molecule has 3 amide bonds. The van der Waals surface area contributed by atoms with Crippen molar-refractivity contribution in [1.82, 2.24) is 5.32 Å². The average Bonchev–Trinajstić information content (AvgIpc) is 2.50. The minimum absolute atomic E-state index is 0.257. The Morgan fingerprint density at radius 2 is 2.00 bits per heavy atom. The lowest BCUT2D eigenvalue weighted by Crippen LogP contribution is -2.40. The number of nitrogen functional groups attached to an aromatic ring is 1. The van der Waals surface area contributed by atoms with Gasteiger partial charge >= 0.3 is 6.03 Å². The number of nitrogens with zero attached hydrogens (tertiary/aromatic N) is 1. The van der Waals surface area contributed by atoms with Crippen LogP contribution in [0.4, 0.5) is 16.2 Å². The standard InChI is InChI=1S/C12H16N4O2/c1-12(2)10(17)16(11(18)15-12)8-3-4-9(14)7(5-8)6-13/h3-5H,6,13-14H2,1-2H3,(H,15,18). The molecule has 2 rings (SSSR count). The first-order chi connectivity index (χ1) is 8.36. The molecule has 6 nitrogen and oxygen atoms in total. The van der Waals surface area contributed by atoms with Crippen LogP contribution in [-0.4, -0.2) is 17.5 Å². The number of carbonyl (C=O) groups excluding carboxylic acids is 2. The fourth-order valence-corrected chi connectivity index (χ4v) is 1.89. The summed E-state index contributed by atoms with van der Waals surface area (Å²) in [6, 6.07) is 4.50. The Balaban J connectivity index is 2.44. The van der Waals surface area contributed by atoms with Crippen LogP contribution in [0.2, 0.25) is 0 Å². The predicted octanol–water partition coefficient (Wildman–Crippen LogP) is 0.562. The van der Waals surface area contributed by atoms with Crippen LogP contribution in [0.3, 0.4) is 0 Å². The zero-order valence-electron chi connectivity index (χ0n) is 10.4. The van der Waals surface area contributed by atoms with Gasteiger partial charge in [0.25, 0.3) is 5.91 Å². The van der Waals surface area contributed by atoms with Gasteiger partial charge in [-0.1, -0.05) is 0 Å². The lowest BCUT2D eigenvalue weighted by Gasteiger charge is -2.17. The number of amides is 3. The first-order valence-corrected chi connectivity index (χ1v) is 5.62. The summed E-state index contributed by atoms with van der Waals surface area (Å²) in [7, 11) is 0. The molecule has 1 saturated heterocycles. The molecule has 0 saturated carbocycles. The molecule has 18 heavy (non-hydrogen) atoms. The zero-order chi connectivity index (χ0) is 13.5. The van der Waals surface area contributed by atoms with Crippen LogP contribution in [0.15, 0.2) is 18.2 Å². The smallest absolute Gasteiger partial charge is 0.329 e. The van der Waals surface area contributed by atoms with E-state index in [4.69, 9.17) is 11.5 Å². The van der Waals surface area contributed by atoms with Crippen LogP contribution in [0.1, 0.15) is 19.4 Å². The van der Waals surface area contributed by atoms with E-state index < -0.39 is 11.6 Å². The summed E-state index contributed by atoms with van der Waals surface area (Å²) in [4.78, 5) is 25.0. The molecule has 1 heterocycles. The summed E-state index contributed by atoms with van der Waals surface area (Å²) >= 11 is 0. The molecule has 5 N–H and O–H groups in total. The summed E-state index contributed by atoms with van der Waals surface area (Å²) in [5.74, 6) is -0.291. The van der Waals surface area contributed by atoms with Gasteiger partial charge in [-0.2, -0.15) is 0 Å². The highest BCUT2D eigenvalue weighted by atomic mass is 16.2. The van der Waals surface area contributed by atoms with Crippen molar-refractivity contribution in [2.45, 2.75) is 25.9 Å². The van der Waals surface area contributed by atoms with E-state index in [1.807, 2.05) is 0 Å². The van der Waals surface area contributed by atoms with E-state index in [-0.39, 0.29) is 12.5 Å². The molecule has 1 fully saturated rings. The number of hydrogen-bond donors (Lipinski definition) is 3. The summed E-state index contributed by atoms with van der Waals surface area (Å²) in [6.45, 7) is 3.58. The molecule has 1 aromatic rings. The topological polar surface area (TPSA) is 101 Å². The quantitative estimate of drug-likeness (QED) is 0.525. The average molecular weight is 248 g/mol. The lowest BCUT2D eigenvalue weighted by molar-refractivity contribution is -0.121. The van der Waals surface area contributed by atoms with Crippen molar-refractivity contribution in [3.63, 3.8) is 0 Å². The number of rotatable bonds is 2. The Hall–Kier alpha value is -2.08. The third kappa shape index (κ3) is 1.80. The molecule has 1 aromatic carbocycles. The molecule has 0 bridgehead atoms. The van der Waals surface area contributed by atoms with E-state index in [0.29, 0.717) is 16.9 Å². The monoisotopic (exact) mass is 248 g/mol. The Labute approximate surface area is 105 Å². The highest BCUT2D eigenvalue weighted by molar-refractivity contribution is 6.23. The zero-order valence-corrected chi connectivity index (χ0v) is 10.4. The number of nitrogens with two attached hydrogens (primary N) is 2. The van der Waals surface area contributed by atoms with E-state index in [0.717, 1.165) is 4.90 Å². The highest BCUT2D eigenvalue weighted by Gasteiger charge is 2.45. The number of benzene rings is 1. The Kier molecular flexibility index (Phi) is 2.74. The van der Waals surface area contributed by atoms with Crippen molar-refractivity contribution in [2.24, 2.45) is 5.73 Å². The van der Waals surface area contributed by atoms with Gasteiger partial charge in [0.15, 0.2) is 0 Å². The van der Waals surface area contributed by atoms with Crippen molar-refractivity contribution in [3.8, 4) is 0 Å². The van der Waals surface area contributed by atoms with Gasteiger partial charge in [0.05, 0.1) is 5.69 Å². The van der Waals surface area contributed by atoms with Gasteiger partial charge in [0, 0.05) is 12.2 Å². The van der Waals surface area contributed by atoms with Crippen molar-refractivity contribution in [3.05, 3.63) is 23.8 Å². The van der Waals surface area contributed by atoms with E-state index >= 15 is 0 Å². The molecule has 0 aliphatic carbocycles. The van der Waals surface area contributed by atoms with Crippen LogP contribution in [0, 0.1) is 0 Å². The van der Waals surface area contributed by atoms with Gasteiger partial charge in [-0.25, -0.2) is 9.69 Å². The normalized spacial score (nSPS) is 18.1. The number of imide groups is 1. The van der Waals surface area contributed by atoms with Crippen molar-refractivity contribution in [1.29, 1.82) is 0 Å². The number of urea groups is 1. The molecule has 0 unspecified atom stereocenters. The van der Waals surface area contributed by atoms with Crippen LogP contribution in [-0.2, 0) is 11.3 Å². The van der Waals surface area contributed by atoms with E-state index in [9.17, 15) is 9.59 Å². The second-order valence-corrected chi connectivity index (χ2v) is 4.78. The Morgan fingerprint density at radius 3 is 2.50 bits per heavy atom. The predicted molar refractivity (Wildman–Crippen MR) is 68.8 cm³/mol. The summed E-state index contributed by atoms with van der Waals surface area (Å²) in [5.41, 5.74) is 12.1. The van der Waals surface area contributed by atoms with Crippen molar-refractivity contribution in [2.75, 3.05) is 10.6 Å².